The van der Waals surface area contributed by atoms with Gasteiger partial charge in [-0.3, -0.25) is 4.39 Å². The molecule has 0 aromatic heterocycles. The van der Waals surface area contributed by atoms with Gasteiger partial charge in [0.15, 0.2) is 0 Å². The molecule has 1 rings (SSSR count). The Kier molecular flexibility index (Phi) is 5.05. The summed E-state index contributed by atoms with van der Waals surface area (Å²) in [6, 6.07) is 2.97. The maximum Gasteiger partial charge on any atom is 0.417 e. The van der Waals surface area contributed by atoms with Crippen LogP contribution in [-0.2, 0) is 16.2 Å². The van der Waals surface area contributed by atoms with E-state index in [4.69, 9.17) is 0 Å². The van der Waals surface area contributed by atoms with Gasteiger partial charge in [-0.05, 0) is 39.3 Å². The molecule has 0 saturated heterocycles. The summed E-state index contributed by atoms with van der Waals surface area (Å²) in [4.78, 5) is -0.854. The maximum absolute atomic E-state index is 13.0. The summed E-state index contributed by atoms with van der Waals surface area (Å²) in [7, 11) is -4.41. The molecule has 0 spiro atoms. The van der Waals surface area contributed by atoms with Gasteiger partial charge in [-0.25, -0.2) is 13.1 Å². The van der Waals surface area contributed by atoms with E-state index in [1.54, 1.807) is 0 Å². The van der Waals surface area contributed by atoms with E-state index in [2.05, 4.69) is 4.72 Å². The first-order chi connectivity index (χ1) is 9.39. The molecule has 0 aliphatic carbocycles. The standard InChI is InChI=1S/C13H17F4NO2S/c1-9-4-5-11(10(8-9)13(15,16)17)21(19,20)18-12(2,3)6-7-14/h4-5,8,18H,6-7H2,1-3H3. The van der Waals surface area contributed by atoms with Crippen LogP contribution >= 0.6 is 0 Å². The van der Waals surface area contributed by atoms with Gasteiger partial charge < -0.3 is 0 Å². The molecule has 0 atom stereocenters. The van der Waals surface area contributed by atoms with Crippen molar-refractivity contribution < 1.29 is 26.0 Å². The topological polar surface area (TPSA) is 46.2 Å². The van der Waals surface area contributed by atoms with E-state index in [-0.39, 0.29) is 6.42 Å². The highest BCUT2D eigenvalue weighted by molar-refractivity contribution is 7.89. The fourth-order valence-corrected chi connectivity index (χ4v) is 3.46. The van der Waals surface area contributed by atoms with Crippen molar-refractivity contribution in [3.8, 4) is 0 Å². The molecule has 1 aromatic carbocycles. The van der Waals surface area contributed by atoms with Crippen LogP contribution in [0.4, 0.5) is 17.6 Å². The molecule has 1 aromatic rings. The van der Waals surface area contributed by atoms with E-state index >= 15 is 0 Å². The number of hydrogen-bond acceptors (Lipinski definition) is 2. The summed E-state index contributed by atoms with van der Waals surface area (Å²) in [5.74, 6) is 0. The molecule has 0 aliphatic heterocycles. The molecule has 0 fully saturated rings. The molecule has 120 valence electrons. The van der Waals surface area contributed by atoms with Gasteiger partial charge in [0.2, 0.25) is 10.0 Å². The average Bonchev–Trinajstić information content (AvgIpc) is 2.25. The van der Waals surface area contributed by atoms with Crippen LogP contribution in [0.15, 0.2) is 23.1 Å². The molecular weight excluding hydrogens is 310 g/mol. The second-order valence-corrected chi connectivity index (χ2v) is 7.08. The van der Waals surface area contributed by atoms with E-state index in [1.165, 1.54) is 26.8 Å². The predicted octanol–water partition coefficient (Wildman–Crippen LogP) is 3.43. The van der Waals surface area contributed by atoms with Crippen LogP contribution in [0.2, 0.25) is 0 Å². The Morgan fingerprint density at radius 1 is 1.19 bits per heavy atom. The molecule has 0 unspecified atom stereocenters. The number of aryl methyl sites for hydroxylation is 1. The molecule has 0 aliphatic rings. The third-order valence-electron chi connectivity index (χ3n) is 2.86. The highest BCUT2D eigenvalue weighted by atomic mass is 32.2. The van der Waals surface area contributed by atoms with Gasteiger partial charge >= 0.3 is 6.18 Å². The molecular formula is C13H17F4NO2S. The van der Waals surface area contributed by atoms with Crippen LogP contribution in [0.3, 0.4) is 0 Å². The summed E-state index contributed by atoms with van der Waals surface area (Å²) >= 11 is 0. The number of alkyl halides is 4. The maximum atomic E-state index is 13.0. The van der Waals surface area contributed by atoms with Crippen molar-refractivity contribution in [2.45, 2.75) is 43.8 Å². The second kappa shape index (κ2) is 5.92. The summed E-state index contributed by atoms with van der Waals surface area (Å²) in [6.07, 6.45) is -4.93. The molecule has 3 nitrogen and oxygen atoms in total. The summed E-state index contributed by atoms with van der Waals surface area (Å²) in [5, 5.41) is 0. The van der Waals surface area contributed by atoms with Crippen LogP contribution < -0.4 is 4.72 Å². The Bertz CT molecular complexity index is 609. The minimum absolute atomic E-state index is 0.139. The molecule has 21 heavy (non-hydrogen) atoms. The fourth-order valence-electron chi connectivity index (χ4n) is 1.81. The van der Waals surface area contributed by atoms with Gasteiger partial charge in [0, 0.05) is 5.54 Å². The van der Waals surface area contributed by atoms with Gasteiger partial charge in [0.05, 0.1) is 17.1 Å². The monoisotopic (exact) mass is 327 g/mol. The van der Waals surface area contributed by atoms with Crippen molar-refractivity contribution >= 4 is 10.0 Å². The largest absolute Gasteiger partial charge is 0.417 e. The Morgan fingerprint density at radius 3 is 2.24 bits per heavy atom. The Hall–Kier alpha value is -1.15. The third kappa shape index (κ3) is 4.67. The number of halogens is 4. The van der Waals surface area contributed by atoms with Crippen LogP contribution in [-0.4, -0.2) is 20.6 Å². The average molecular weight is 327 g/mol. The van der Waals surface area contributed by atoms with E-state index < -0.39 is 38.9 Å². The predicted molar refractivity (Wildman–Crippen MR) is 71.2 cm³/mol. The zero-order chi connectivity index (χ0) is 16.5. The Balaban J connectivity index is 3.33. The normalized spacial score (nSPS) is 13.5. The van der Waals surface area contributed by atoms with E-state index in [0.29, 0.717) is 5.56 Å². The first kappa shape index (κ1) is 17.9. The number of sulfonamides is 1. The van der Waals surface area contributed by atoms with Gasteiger partial charge in [-0.2, -0.15) is 13.2 Å². The molecule has 0 bridgehead atoms. The highest BCUT2D eigenvalue weighted by Crippen LogP contribution is 2.35. The molecule has 0 heterocycles. The minimum atomic E-state index is -4.79. The van der Waals surface area contributed by atoms with Crippen molar-refractivity contribution in [2.24, 2.45) is 0 Å². The Morgan fingerprint density at radius 2 is 1.76 bits per heavy atom. The van der Waals surface area contributed by atoms with Crippen molar-refractivity contribution in [3.05, 3.63) is 29.3 Å². The third-order valence-corrected chi connectivity index (χ3v) is 4.62. The number of nitrogens with one attached hydrogen (secondary N) is 1. The molecule has 0 saturated carbocycles. The highest BCUT2D eigenvalue weighted by Gasteiger charge is 2.38. The lowest BCUT2D eigenvalue weighted by molar-refractivity contribution is -0.139. The number of rotatable bonds is 5. The van der Waals surface area contributed by atoms with E-state index in [0.717, 1.165) is 12.1 Å². The second-order valence-electron chi connectivity index (χ2n) is 5.43. The van der Waals surface area contributed by atoms with Crippen molar-refractivity contribution in [1.29, 1.82) is 0 Å². The first-order valence-corrected chi connectivity index (χ1v) is 7.65. The molecule has 8 heteroatoms. The van der Waals surface area contributed by atoms with E-state index in [1.807, 2.05) is 0 Å². The SMILES string of the molecule is Cc1ccc(S(=O)(=O)NC(C)(C)CCF)c(C(F)(F)F)c1. The molecule has 0 amide bonds. The van der Waals surface area contributed by atoms with Crippen LogP contribution in [0.5, 0.6) is 0 Å². The van der Waals surface area contributed by atoms with Crippen molar-refractivity contribution in [2.75, 3.05) is 6.67 Å². The quantitative estimate of drug-likeness (QED) is 0.842. The van der Waals surface area contributed by atoms with Gasteiger partial charge in [-0.15, -0.1) is 0 Å². The number of benzene rings is 1. The van der Waals surface area contributed by atoms with Crippen molar-refractivity contribution in [3.63, 3.8) is 0 Å². The minimum Gasteiger partial charge on any atom is -0.251 e. The van der Waals surface area contributed by atoms with Gasteiger partial charge in [-0.1, -0.05) is 11.6 Å². The van der Waals surface area contributed by atoms with Gasteiger partial charge in [0.1, 0.15) is 0 Å². The fraction of sp³-hybridized carbons (Fsp3) is 0.538. The summed E-state index contributed by atoms with van der Waals surface area (Å²) in [6.45, 7) is 3.47. The van der Waals surface area contributed by atoms with Crippen molar-refractivity contribution in [1.82, 2.24) is 4.72 Å². The molecule has 1 N–H and O–H groups in total. The lowest BCUT2D eigenvalue weighted by Gasteiger charge is -2.25. The van der Waals surface area contributed by atoms with Gasteiger partial charge in [0.25, 0.3) is 0 Å². The van der Waals surface area contributed by atoms with E-state index in [9.17, 15) is 26.0 Å². The van der Waals surface area contributed by atoms with Crippen LogP contribution in [0.25, 0.3) is 0 Å². The smallest absolute Gasteiger partial charge is 0.251 e. The zero-order valence-corrected chi connectivity index (χ0v) is 12.7. The molecule has 0 radical (unpaired) electrons. The van der Waals surface area contributed by atoms with Crippen LogP contribution in [0, 0.1) is 6.92 Å². The number of hydrogen-bond donors (Lipinski definition) is 1. The zero-order valence-electron chi connectivity index (χ0n) is 11.9. The van der Waals surface area contributed by atoms with Crippen LogP contribution in [0.1, 0.15) is 31.4 Å². The lowest BCUT2D eigenvalue weighted by atomic mass is 10.0. The first-order valence-electron chi connectivity index (χ1n) is 6.17. The summed E-state index contributed by atoms with van der Waals surface area (Å²) < 4.78 is 77.8. The lowest BCUT2D eigenvalue weighted by Crippen LogP contribution is -2.44. The summed E-state index contributed by atoms with van der Waals surface area (Å²) in [5.41, 5.74) is -2.11. The Labute approximate surface area is 121 Å².